The number of nitrogens with one attached hydrogen (secondary N) is 2. The summed E-state index contributed by atoms with van der Waals surface area (Å²) >= 11 is 1.74. The van der Waals surface area contributed by atoms with Crippen molar-refractivity contribution in [3.05, 3.63) is 39.3 Å². The number of hydrogen-bond acceptors (Lipinski definition) is 4. The topological polar surface area (TPSA) is 64.3 Å². The molecule has 0 aromatic carbocycles. The largest absolute Gasteiger partial charge is 0.334 e. The molecule has 0 spiro atoms. The Balaban J connectivity index is 1.48. The number of amides is 2. The quantitative estimate of drug-likeness (QED) is 0.894. The molecule has 0 bridgehead atoms. The molecular weight excluding hydrogens is 322 g/mol. The van der Waals surface area contributed by atoms with Crippen LogP contribution in [0.4, 0.5) is 4.79 Å². The number of aromatic nitrogens is 2. The van der Waals surface area contributed by atoms with Crippen molar-refractivity contribution in [3.8, 4) is 0 Å². The van der Waals surface area contributed by atoms with Crippen LogP contribution in [0.2, 0.25) is 0 Å². The fourth-order valence-electron chi connectivity index (χ4n) is 3.15. The predicted octanol–water partition coefficient (Wildman–Crippen LogP) is 2.68. The number of hydrogen-bond donors (Lipinski definition) is 2. The molecule has 3 heterocycles. The number of carbonyl (C=O) groups is 1. The molecule has 1 aliphatic heterocycles. The molecular formula is C17H25N5OS. The number of urea groups is 1. The molecule has 24 heavy (non-hydrogen) atoms. The molecule has 2 amide bonds. The Morgan fingerprint density at radius 1 is 1.38 bits per heavy atom. The van der Waals surface area contributed by atoms with E-state index in [9.17, 15) is 4.79 Å². The van der Waals surface area contributed by atoms with Crippen LogP contribution in [-0.2, 0) is 6.54 Å². The molecule has 1 aliphatic rings. The third-order valence-corrected chi connectivity index (χ3v) is 5.57. The van der Waals surface area contributed by atoms with Crippen molar-refractivity contribution in [2.24, 2.45) is 0 Å². The summed E-state index contributed by atoms with van der Waals surface area (Å²) in [6, 6.07) is 2.61. The molecule has 2 N–H and O–H groups in total. The van der Waals surface area contributed by atoms with Gasteiger partial charge in [-0.25, -0.2) is 4.79 Å². The van der Waals surface area contributed by atoms with Crippen molar-refractivity contribution in [1.29, 1.82) is 0 Å². The summed E-state index contributed by atoms with van der Waals surface area (Å²) in [7, 11) is 0. The molecule has 6 nitrogen and oxygen atoms in total. The zero-order valence-corrected chi connectivity index (χ0v) is 15.3. The summed E-state index contributed by atoms with van der Waals surface area (Å²) in [5.74, 6) is 0. The lowest BCUT2D eigenvalue weighted by molar-refractivity contribution is 0.114. The van der Waals surface area contributed by atoms with Gasteiger partial charge in [0, 0.05) is 50.0 Å². The smallest absolute Gasteiger partial charge is 0.317 e. The summed E-state index contributed by atoms with van der Waals surface area (Å²) < 4.78 is 0. The summed E-state index contributed by atoms with van der Waals surface area (Å²) in [6.07, 6.45) is 0. The van der Waals surface area contributed by atoms with Gasteiger partial charge in [0.1, 0.15) is 0 Å². The monoisotopic (exact) mass is 347 g/mol. The number of H-pyrrole nitrogens is 1. The fraction of sp³-hybridized carbons (Fsp3) is 0.529. The average molecular weight is 347 g/mol. The summed E-state index contributed by atoms with van der Waals surface area (Å²) in [4.78, 5) is 16.7. The minimum atomic E-state index is 0.0119. The van der Waals surface area contributed by atoms with Gasteiger partial charge in [-0.05, 0) is 43.2 Å². The van der Waals surface area contributed by atoms with Crippen LogP contribution in [0.15, 0.2) is 16.8 Å². The SMILES string of the molecule is Cc1n[nH]c(C)c1CNC(=O)N1CCN([C@H](C)c2ccsc2)CC1. The maximum Gasteiger partial charge on any atom is 0.317 e. The summed E-state index contributed by atoms with van der Waals surface area (Å²) in [5.41, 5.74) is 4.40. The van der Waals surface area contributed by atoms with Crippen LogP contribution in [0, 0.1) is 13.8 Å². The molecule has 1 atom stereocenters. The Labute approximate surface area is 146 Å². The molecule has 0 saturated carbocycles. The molecule has 3 rings (SSSR count). The van der Waals surface area contributed by atoms with Crippen molar-refractivity contribution in [2.45, 2.75) is 33.4 Å². The highest BCUT2D eigenvalue weighted by Gasteiger charge is 2.25. The Morgan fingerprint density at radius 2 is 2.12 bits per heavy atom. The van der Waals surface area contributed by atoms with Gasteiger partial charge in [-0.2, -0.15) is 16.4 Å². The molecule has 0 unspecified atom stereocenters. The van der Waals surface area contributed by atoms with Crippen molar-refractivity contribution in [3.63, 3.8) is 0 Å². The van der Waals surface area contributed by atoms with E-state index in [4.69, 9.17) is 0 Å². The van der Waals surface area contributed by atoms with Gasteiger partial charge < -0.3 is 10.2 Å². The first-order chi connectivity index (χ1) is 11.6. The van der Waals surface area contributed by atoms with E-state index in [-0.39, 0.29) is 6.03 Å². The lowest BCUT2D eigenvalue weighted by Gasteiger charge is -2.37. The first-order valence-corrected chi connectivity index (χ1v) is 9.30. The maximum absolute atomic E-state index is 12.4. The highest BCUT2D eigenvalue weighted by atomic mass is 32.1. The van der Waals surface area contributed by atoms with E-state index in [1.54, 1.807) is 11.3 Å². The number of aryl methyl sites for hydroxylation is 2. The van der Waals surface area contributed by atoms with Crippen LogP contribution >= 0.6 is 11.3 Å². The highest BCUT2D eigenvalue weighted by molar-refractivity contribution is 7.07. The van der Waals surface area contributed by atoms with Crippen molar-refractivity contribution >= 4 is 17.4 Å². The number of piperazine rings is 1. The van der Waals surface area contributed by atoms with Gasteiger partial charge in [0.25, 0.3) is 0 Å². The molecule has 1 saturated heterocycles. The van der Waals surface area contributed by atoms with E-state index >= 15 is 0 Å². The van der Waals surface area contributed by atoms with E-state index in [1.165, 1.54) is 5.56 Å². The third-order valence-electron chi connectivity index (χ3n) is 4.87. The van der Waals surface area contributed by atoms with Gasteiger partial charge >= 0.3 is 6.03 Å². The van der Waals surface area contributed by atoms with Gasteiger partial charge in [-0.3, -0.25) is 10.00 Å². The van der Waals surface area contributed by atoms with Gasteiger partial charge in [-0.15, -0.1) is 0 Å². The number of nitrogens with zero attached hydrogens (tertiary/aromatic N) is 3. The standard InChI is InChI=1S/C17H25N5OS/c1-12-16(13(2)20-19-12)10-18-17(23)22-7-5-21(6-8-22)14(3)15-4-9-24-11-15/h4,9,11,14H,5-8,10H2,1-3H3,(H,18,23)(H,19,20)/t14-/m1/s1. The Hall–Kier alpha value is -1.86. The first-order valence-electron chi connectivity index (χ1n) is 8.35. The Bertz CT molecular complexity index is 654. The van der Waals surface area contributed by atoms with E-state index < -0.39 is 0 Å². The van der Waals surface area contributed by atoms with E-state index in [1.807, 2.05) is 18.7 Å². The number of aromatic amines is 1. The van der Waals surface area contributed by atoms with Gasteiger partial charge in [-0.1, -0.05) is 0 Å². The van der Waals surface area contributed by atoms with Gasteiger partial charge in [0.15, 0.2) is 0 Å². The second-order valence-corrected chi connectivity index (χ2v) is 7.11. The van der Waals surface area contributed by atoms with Crippen molar-refractivity contribution in [2.75, 3.05) is 26.2 Å². The summed E-state index contributed by atoms with van der Waals surface area (Å²) in [6.45, 7) is 10.1. The molecule has 1 fully saturated rings. The van der Waals surface area contributed by atoms with Crippen LogP contribution in [-0.4, -0.2) is 52.2 Å². The second-order valence-electron chi connectivity index (χ2n) is 6.33. The van der Waals surface area contributed by atoms with Crippen LogP contribution < -0.4 is 5.32 Å². The van der Waals surface area contributed by atoms with E-state index in [0.29, 0.717) is 12.6 Å². The van der Waals surface area contributed by atoms with Crippen LogP contribution in [0.5, 0.6) is 0 Å². The maximum atomic E-state index is 12.4. The average Bonchev–Trinajstić information content (AvgIpc) is 3.23. The normalized spacial score (nSPS) is 17.0. The minimum Gasteiger partial charge on any atom is -0.334 e. The van der Waals surface area contributed by atoms with Crippen LogP contribution in [0.3, 0.4) is 0 Å². The van der Waals surface area contributed by atoms with Crippen molar-refractivity contribution < 1.29 is 4.79 Å². The second kappa shape index (κ2) is 7.36. The molecule has 2 aromatic rings. The van der Waals surface area contributed by atoms with Crippen LogP contribution in [0.25, 0.3) is 0 Å². The Kier molecular flexibility index (Phi) is 5.20. The minimum absolute atomic E-state index is 0.0119. The lowest BCUT2D eigenvalue weighted by atomic mass is 10.1. The summed E-state index contributed by atoms with van der Waals surface area (Å²) in [5, 5.41) is 14.5. The van der Waals surface area contributed by atoms with E-state index in [0.717, 1.165) is 43.1 Å². The van der Waals surface area contributed by atoms with Gasteiger partial charge in [0.05, 0.1) is 5.69 Å². The zero-order valence-electron chi connectivity index (χ0n) is 14.5. The predicted molar refractivity (Wildman–Crippen MR) is 96.2 cm³/mol. The number of thiophene rings is 1. The van der Waals surface area contributed by atoms with Crippen LogP contribution in [0.1, 0.15) is 35.5 Å². The molecule has 0 radical (unpaired) electrons. The highest BCUT2D eigenvalue weighted by Crippen LogP contribution is 2.23. The molecule has 0 aliphatic carbocycles. The molecule has 7 heteroatoms. The fourth-order valence-corrected chi connectivity index (χ4v) is 3.89. The van der Waals surface area contributed by atoms with Crippen molar-refractivity contribution in [1.82, 2.24) is 25.3 Å². The molecule has 130 valence electrons. The lowest BCUT2D eigenvalue weighted by Crippen LogP contribution is -2.52. The zero-order chi connectivity index (χ0) is 17.1. The third kappa shape index (κ3) is 3.62. The number of rotatable bonds is 4. The Morgan fingerprint density at radius 3 is 2.71 bits per heavy atom. The van der Waals surface area contributed by atoms with Gasteiger partial charge in [0.2, 0.25) is 0 Å². The first kappa shape index (κ1) is 17.0. The number of carbonyl (C=O) groups excluding carboxylic acids is 1. The van der Waals surface area contributed by atoms with E-state index in [2.05, 4.69) is 44.2 Å². The molecule has 2 aromatic heterocycles.